The van der Waals surface area contributed by atoms with E-state index in [0.29, 0.717) is 0 Å². The molecule has 4 nitrogen and oxygen atoms in total. The average Bonchev–Trinajstić information content (AvgIpc) is 3.16. The Hall–Kier alpha value is -3.66. The zero-order valence-corrected chi connectivity index (χ0v) is 16.4. The van der Waals surface area contributed by atoms with Crippen LogP contribution in [0.3, 0.4) is 0 Å². The molecule has 0 amide bonds. The summed E-state index contributed by atoms with van der Waals surface area (Å²) < 4.78 is 7.87. The number of ether oxygens (including phenoxy) is 1. The van der Waals surface area contributed by atoms with Crippen molar-refractivity contribution < 1.29 is 4.74 Å². The molecule has 2 aromatic carbocycles. The molecule has 0 saturated heterocycles. The molecule has 29 heavy (non-hydrogen) atoms. The van der Waals surface area contributed by atoms with Crippen molar-refractivity contribution in [3.05, 3.63) is 85.3 Å². The first kappa shape index (κ1) is 17.4. The minimum absolute atomic E-state index is 0.171. The maximum atomic E-state index is 5.74. The molecule has 0 N–H and O–H groups in total. The number of para-hydroxylation sites is 1. The van der Waals surface area contributed by atoms with Crippen molar-refractivity contribution >= 4 is 16.6 Å². The van der Waals surface area contributed by atoms with Crippen LogP contribution in [0.5, 0.6) is 5.75 Å². The minimum Gasteiger partial charge on any atom is -0.491 e. The van der Waals surface area contributed by atoms with Gasteiger partial charge in [-0.3, -0.25) is 9.38 Å². The fraction of sp³-hybridized carbons (Fsp3) is 0.120. The standard InChI is InChI=1S/C25H21N3O/c1-17(2)29-20-9-7-18(8-10-20)19-12-14-28-24(16-27-25(28)15-19)22-11-13-26-23-6-4-3-5-21(22)23/h3-17H,1-2H3. The largest absolute Gasteiger partial charge is 0.491 e. The fourth-order valence-corrected chi connectivity index (χ4v) is 3.68. The zero-order valence-electron chi connectivity index (χ0n) is 16.4. The van der Waals surface area contributed by atoms with Gasteiger partial charge in [-0.25, -0.2) is 4.98 Å². The smallest absolute Gasteiger partial charge is 0.137 e. The molecule has 0 aliphatic heterocycles. The number of hydrogen-bond donors (Lipinski definition) is 0. The first-order valence-corrected chi connectivity index (χ1v) is 9.77. The number of hydrogen-bond acceptors (Lipinski definition) is 3. The van der Waals surface area contributed by atoms with Gasteiger partial charge in [0.15, 0.2) is 0 Å². The van der Waals surface area contributed by atoms with Crippen LogP contribution in [0.25, 0.3) is 38.9 Å². The molecule has 0 aliphatic rings. The third-order valence-electron chi connectivity index (χ3n) is 5.00. The molecule has 3 heterocycles. The maximum absolute atomic E-state index is 5.74. The highest BCUT2D eigenvalue weighted by molar-refractivity contribution is 5.93. The lowest BCUT2D eigenvalue weighted by atomic mass is 10.1. The molecular weight excluding hydrogens is 358 g/mol. The molecule has 4 heteroatoms. The Morgan fingerprint density at radius 1 is 0.862 bits per heavy atom. The molecule has 0 unspecified atom stereocenters. The van der Waals surface area contributed by atoms with Gasteiger partial charge in [-0.15, -0.1) is 0 Å². The van der Waals surface area contributed by atoms with Gasteiger partial charge >= 0.3 is 0 Å². The van der Waals surface area contributed by atoms with Crippen LogP contribution < -0.4 is 4.74 Å². The first-order valence-electron chi connectivity index (χ1n) is 9.77. The molecule has 0 spiro atoms. The predicted octanol–water partition coefficient (Wildman–Crippen LogP) is 6.00. The molecule has 5 aromatic rings. The van der Waals surface area contributed by atoms with Crippen molar-refractivity contribution in [1.29, 1.82) is 0 Å². The zero-order chi connectivity index (χ0) is 19.8. The molecule has 3 aromatic heterocycles. The predicted molar refractivity (Wildman–Crippen MR) is 117 cm³/mol. The van der Waals surface area contributed by atoms with Gasteiger partial charge in [0, 0.05) is 23.3 Å². The van der Waals surface area contributed by atoms with E-state index in [1.54, 1.807) is 0 Å². The summed E-state index contributed by atoms with van der Waals surface area (Å²) in [5.74, 6) is 0.887. The second-order valence-electron chi connectivity index (χ2n) is 7.35. The number of fused-ring (bicyclic) bond motifs is 2. The molecule has 0 fully saturated rings. The summed E-state index contributed by atoms with van der Waals surface area (Å²) in [7, 11) is 0. The maximum Gasteiger partial charge on any atom is 0.137 e. The Morgan fingerprint density at radius 2 is 1.69 bits per heavy atom. The molecule has 0 saturated carbocycles. The van der Waals surface area contributed by atoms with Crippen LogP contribution in [-0.2, 0) is 0 Å². The Labute approximate surface area is 169 Å². The number of aromatic nitrogens is 3. The van der Waals surface area contributed by atoms with Gasteiger partial charge in [0.25, 0.3) is 0 Å². The van der Waals surface area contributed by atoms with E-state index < -0.39 is 0 Å². The lowest BCUT2D eigenvalue weighted by Crippen LogP contribution is -2.05. The van der Waals surface area contributed by atoms with Crippen molar-refractivity contribution in [3.63, 3.8) is 0 Å². The molecule has 0 bridgehead atoms. The van der Waals surface area contributed by atoms with Crippen LogP contribution in [0.2, 0.25) is 0 Å². The topological polar surface area (TPSA) is 39.4 Å². The van der Waals surface area contributed by atoms with Gasteiger partial charge in [0.2, 0.25) is 0 Å². The van der Waals surface area contributed by atoms with Gasteiger partial charge in [-0.1, -0.05) is 30.3 Å². The number of imidazole rings is 1. The van der Waals surface area contributed by atoms with Crippen molar-refractivity contribution in [3.8, 4) is 28.1 Å². The second-order valence-corrected chi connectivity index (χ2v) is 7.35. The summed E-state index contributed by atoms with van der Waals surface area (Å²) in [4.78, 5) is 9.13. The second kappa shape index (κ2) is 7.06. The summed E-state index contributed by atoms with van der Waals surface area (Å²) >= 11 is 0. The van der Waals surface area contributed by atoms with E-state index in [1.807, 2.05) is 62.6 Å². The van der Waals surface area contributed by atoms with Gasteiger partial charge in [-0.05, 0) is 61.4 Å². The Kier molecular flexibility index (Phi) is 4.24. The third kappa shape index (κ3) is 3.23. The van der Waals surface area contributed by atoms with Crippen molar-refractivity contribution in [1.82, 2.24) is 14.4 Å². The van der Waals surface area contributed by atoms with E-state index in [9.17, 15) is 0 Å². The SMILES string of the molecule is CC(C)Oc1ccc(-c2ccn3c(-c4ccnc5ccccc45)cnc3c2)cc1. The van der Waals surface area contributed by atoms with Crippen LogP contribution >= 0.6 is 0 Å². The van der Waals surface area contributed by atoms with Crippen molar-refractivity contribution in [2.24, 2.45) is 0 Å². The van der Waals surface area contributed by atoms with E-state index in [1.165, 1.54) is 0 Å². The van der Waals surface area contributed by atoms with Crippen LogP contribution in [0.4, 0.5) is 0 Å². The Bertz CT molecular complexity index is 1300. The number of nitrogens with zero attached hydrogens (tertiary/aromatic N) is 3. The normalized spacial score (nSPS) is 11.4. The monoisotopic (exact) mass is 379 g/mol. The quantitative estimate of drug-likeness (QED) is 0.384. The lowest BCUT2D eigenvalue weighted by Gasteiger charge is -2.10. The van der Waals surface area contributed by atoms with Crippen LogP contribution in [0.1, 0.15) is 13.8 Å². The van der Waals surface area contributed by atoms with E-state index in [0.717, 1.165) is 44.7 Å². The van der Waals surface area contributed by atoms with Crippen LogP contribution in [0, 0.1) is 0 Å². The van der Waals surface area contributed by atoms with E-state index in [-0.39, 0.29) is 6.10 Å². The third-order valence-corrected chi connectivity index (χ3v) is 5.00. The summed E-state index contributed by atoms with van der Waals surface area (Å²) in [5, 5.41) is 1.13. The first-order chi connectivity index (χ1) is 14.2. The van der Waals surface area contributed by atoms with Crippen LogP contribution in [0.15, 0.2) is 85.3 Å². The average molecular weight is 379 g/mol. The Morgan fingerprint density at radius 3 is 2.52 bits per heavy atom. The minimum atomic E-state index is 0.171. The highest BCUT2D eigenvalue weighted by Crippen LogP contribution is 2.30. The van der Waals surface area contributed by atoms with Gasteiger partial charge in [0.05, 0.1) is 23.5 Å². The van der Waals surface area contributed by atoms with E-state index in [4.69, 9.17) is 4.74 Å². The fourth-order valence-electron chi connectivity index (χ4n) is 3.68. The molecule has 5 rings (SSSR count). The summed E-state index contributed by atoms with van der Waals surface area (Å²) in [6.07, 6.45) is 6.04. The summed E-state index contributed by atoms with van der Waals surface area (Å²) in [6.45, 7) is 4.06. The van der Waals surface area contributed by atoms with Crippen molar-refractivity contribution in [2.75, 3.05) is 0 Å². The molecule has 0 atom stereocenters. The Balaban J connectivity index is 1.55. The summed E-state index contributed by atoms with van der Waals surface area (Å²) in [5.41, 5.74) is 6.37. The summed E-state index contributed by atoms with van der Waals surface area (Å²) in [6, 6.07) is 22.7. The number of pyridine rings is 2. The van der Waals surface area contributed by atoms with Gasteiger partial charge in [-0.2, -0.15) is 0 Å². The lowest BCUT2D eigenvalue weighted by molar-refractivity contribution is 0.242. The molecule has 0 aliphatic carbocycles. The highest BCUT2D eigenvalue weighted by Gasteiger charge is 2.11. The van der Waals surface area contributed by atoms with Crippen molar-refractivity contribution in [2.45, 2.75) is 20.0 Å². The molecule has 142 valence electrons. The van der Waals surface area contributed by atoms with Gasteiger partial charge in [0.1, 0.15) is 11.4 Å². The van der Waals surface area contributed by atoms with Gasteiger partial charge < -0.3 is 4.74 Å². The number of rotatable bonds is 4. The van der Waals surface area contributed by atoms with E-state index >= 15 is 0 Å². The number of benzene rings is 2. The van der Waals surface area contributed by atoms with Crippen LogP contribution in [-0.4, -0.2) is 20.5 Å². The van der Waals surface area contributed by atoms with E-state index in [2.05, 4.69) is 50.9 Å². The molecular formula is C25H21N3O. The molecule has 0 radical (unpaired) electrons. The highest BCUT2D eigenvalue weighted by atomic mass is 16.5.